The van der Waals surface area contributed by atoms with Crippen LogP contribution in [0.15, 0.2) is 30.3 Å². The monoisotopic (exact) mass is 271 g/mol. The predicted molar refractivity (Wildman–Crippen MR) is 85.9 cm³/mol. The van der Waals surface area contributed by atoms with Gasteiger partial charge in [-0.3, -0.25) is 4.98 Å². The molecular formula is C17H25N3. The molecule has 2 aromatic rings. The minimum atomic E-state index is 0.571. The number of aryl methyl sites for hydroxylation is 1. The summed E-state index contributed by atoms with van der Waals surface area (Å²) in [6.45, 7) is 9.43. The molecule has 0 bridgehead atoms. The van der Waals surface area contributed by atoms with Crippen LogP contribution in [0.4, 0.5) is 0 Å². The van der Waals surface area contributed by atoms with Crippen LogP contribution in [0, 0.1) is 6.92 Å². The summed E-state index contributed by atoms with van der Waals surface area (Å²) < 4.78 is 0. The first-order chi connectivity index (χ1) is 9.66. The molecule has 20 heavy (non-hydrogen) atoms. The smallest absolute Gasteiger partial charge is 0.0708 e. The maximum Gasteiger partial charge on any atom is 0.0708 e. The van der Waals surface area contributed by atoms with E-state index in [9.17, 15) is 0 Å². The van der Waals surface area contributed by atoms with Crippen molar-refractivity contribution in [3.63, 3.8) is 0 Å². The van der Waals surface area contributed by atoms with Gasteiger partial charge in [0.05, 0.1) is 5.52 Å². The van der Waals surface area contributed by atoms with Crippen molar-refractivity contribution < 1.29 is 0 Å². The molecule has 3 nitrogen and oxygen atoms in total. The van der Waals surface area contributed by atoms with Crippen LogP contribution in [0.2, 0.25) is 0 Å². The first-order valence-corrected chi connectivity index (χ1v) is 7.46. The van der Waals surface area contributed by atoms with Gasteiger partial charge in [-0.1, -0.05) is 32.0 Å². The number of hydrogen-bond acceptors (Lipinski definition) is 3. The molecule has 2 rings (SSSR count). The van der Waals surface area contributed by atoms with Crippen molar-refractivity contribution in [3.05, 3.63) is 41.6 Å². The van der Waals surface area contributed by atoms with Crippen molar-refractivity contribution in [3.8, 4) is 0 Å². The third kappa shape index (κ3) is 4.29. The van der Waals surface area contributed by atoms with Crippen LogP contribution in [0.25, 0.3) is 10.9 Å². The highest BCUT2D eigenvalue weighted by Gasteiger charge is 2.03. The van der Waals surface area contributed by atoms with Crippen LogP contribution in [-0.4, -0.2) is 24.1 Å². The fourth-order valence-corrected chi connectivity index (χ4v) is 2.37. The third-order valence-corrected chi connectivity index (χ3v) is 3.33. The van der Waals surface area contributed by atoms with Gasteiger partial charge in [-0.15, -0.1) is 0 Å². The Morgan fingerprint density at radius 3 is 2.75 bits per heavy atom. The molecule has 0 aliphatic heterocycles. The zero-order valence-corrected chi connectivity index (χ0v) is 12.7. The lowest BCUT2D eigenvalue weighted by Crippen LogP contribution is -2.26. The normalized spacial score (nSPS) is 11.4. The van der Waals surface area contributed by atoms with Gasteiger partial charge >= 0.3 is 0 Å². The number of pyridine rings is 1. The second-order valence-electron chi connectivity index (χ2n) is 5.58. The van der Waals surface area contributed by atoms with Gasteiger partial charge in [0, 0.05) is 23.7 Å². The first-order valence-electron chi connectivity index (χ1n) is 7.46. The average Bonchev–Trinajstić information content (AvgIpc) is 2.42. The average molecular weight is 271 g/mol. The highest BCUT2D eigenvalue weighted by atomic mass is 14.9. The molecule has 0 spiro atoms. The molecule has 1 aromatic carbocycles. The summed E-state index contributed by atoms with van der Waals surface area (Å²) in [6, 6.07) is 11.1. The minimum absolute atomic E-state index is 0.571. The minimum Gasteiger partial charge on any atom is -0.314 e. The topological polar surface area (TPSA) is 37.0 Å². The molecule has 0 fully saturated rings. The molecule has 0 amide bonds. The molecule has 0 saturated heterocycles. The van der Waals surface area contributed by atoms with Crippen LogP contribution in [-0.2, 0) is 6.54 Å². The molecule has 3 heteroatoms. The van der Waals surface area contributed by atoms with E-state index in [1.807, 2.05) is 6.07 Å². The molecule has 0 aliphatic rings. The SMILES string of the molecule is Cc1cc(CNCCCNC(C)C)c2ccccc2n1. The summed E-state index contributed by atoms with van der Waals surface area (Å²) >= 11 is 0. The summed E-state index contributed by atoms with van der Waals surface area (Å²) in [6.07, 6.45) is 1.15. The number of benzene rings is 1. The van der Waals surface area contributed by atoms with Crippen LogP contribution in [0.1, 0.15) is 31.5 Å². The molecule has 0 radical (unpaired) electrons. The Kier molecular flexibility index (Phi) is 5.50. The van der Waals surface area contributed by atoms with E-state index in [2.05, 4.69) is 60.7 Å². The molecule has 1 heterocycles. The van der Waals surface area contributed by atoms with Gasteiger partial charge in [-0.25, -0.2) is 0 Å². The van der Waals surface area contributed by atoms with Gasteiger partial charge in [-0.2, -0.15) is 0 Å². The number of rotatable bonds is 7. The molecule has 0 aliphatic carbocycles. The number of hydrogen-bond donors (Lipinski definition) is 2. The largest absolute Gasteiger partial charge is 0.314 e. The maximum absolute atomic E-state index is 4.58. The van der Waals surface area contributed by atoms with Crippen molar-refractivity contribution in [2.75, 3.05) is 13.1 Å². The Hall–Kier alpha value is -1.45. The Bertz CT molecular complexity index is 549. The quantitative estimate of drug-likeness (QED) is 0.760. The Morgan fingerprint density at radius 1 is 1.15 bits per heavy atom. The summed E-state index contributed by atoms with van der Waals surface area (Å²) in [5.74, 6) is 0. The number of aromatic nitrogens is 1. The van der Waals surface area contributed by atoms with Gasteiger partial charge < -0.3 is 10.6 Å². The van der Waals surface area contributed by atoms with Crippen molar-refractivity contribution >= 4 is 10.9 Å². The Labute approximate surface area is 121 Å². The summed E-state index contributed by atoms with van der Waals surface area (Å²) in [5.41, 5.74) is 3.51. The van der Waals surface area contributed by atoms with Gasteiger partial charge in [0.25, 0.3) is 0 Å². The van der Waals surface area contributed by atoms with E-state index in [0.717, 1.165) is 37.3 Å². The fourth-order valence-electron chi connectivity index (χ4n) is 2.37. The molecule has 108 valence electrons. The van der Waals surface area contributed by atoms with Crippen molar-refractivity contribution in [2.45, 2.75) is 39.8 Å². The second kappa shape index (κ2) is 7.36. The number of nitrogens with one attached hydrogen (secondary N) is 2. The number of nitrogens with zero attached hydrogens (tertiary/aromatic N) is 1. The maximum atomic E-state index is 4.58. The molecule has 0 unspecified atom stereocenters. The Balaban J connectivity index is 1.90. The number of para-hydroxylation sites is 1. The summed E-state index contributed by atoms with van der Waals surface area (Å²) in [7, 11) is 0. The lowest BCUT2D eigenvalue weighted by Gasteiger charge is -2.10. The van der Waals surface area contributed by atoms with Crippen molar-refractivity contribution in [1.82, 2.24) is 15.6 Å². The van der Waals surface area contributed by atoms with Crippen LogP contribution in [0.3, 0.4) is 0 Å². The molecule has 2 N–H and O–H groups in total. The standard InChI is InChI=1S/C17H25N3/c1-13(2)19-10-6-9-18-12-15-11-14(3)20-17-8-5-4-7-16(15)17/h4-5,7-8,11,13,18-19H,6,9-10,12H2,1-3H3. The zero-order valence-electron chi connectivity index (χ0n) is 12.7. The van der Waals surface area contributed by atoms with Gasteiger partial charge in [0.1, 0.15) is 0 Å². The van der Waals surface area contributed by atoms with E-state index in [4.69, 9.17) is 0 Å². The second-order valence-corrected chi connectivity index (χ2v) is 5.58. The van der Waals surface area contributed by atoms with Crippen molar-refractivity contribution in [1.29, 1.82) is 0 Å². The van der Waals surface area contributed by atoms with E-state index in [1.165, 1.54) is 10.9 Å². The van der Waals surface area contributed by atoms with Gasteiger partial charge in [-0.05, 0) is 44.1 Å². The van der Waals surface area contributed by atoms with Gasteiger partial charge in [0.15, 0.2) is 0 Å². The van der Waals surface area contributed by atoms with E-state index < -0.39 is 0 Å². The summed E-state index contributed by atoms with van der Waals surface area (Å²) in [5, 5.41) is 8.22. The van der Waals surface area contributed by atoms with Crippen LogP contribution >= 0.6 is 0 Å². The van der Waals surface area contributed by atoms with Gasteiger partial charge in [0.2, 0.25) is 0 Å². The fraction of sp³-hybridized carbons (Fsp3) is 0.471. The van der Waals surface area contributed by atoms with E-state index >= 15 is 0 Å². The lowest BCUT2D eigenvalue weighted by atomic mass is 10.1. The zero-order chi connectivity index (χ0) is 14.4. The highest BCUT2D eigenvalue weighted by Crippen LogP contribution is 2.17. The van der Waals surface area contributed by atoms with Crippen LogP contribution in [0.5, 0.6) is 0 Å². The first kappa shape index (κ1) is 14.9. The van der Waals surface area contributed by atoms with E-state index in [0.29, 0.717) is 6.04 Å². The van der Waals surface area contributed by atoms with E-state index in [-0.39, 0.29) is 0 Å². The van der Waals surface area contributed by atoms with Crippen LogP contribution < -0.4 is 10.6 Å². The molecular weight excluding hydrogens is 246 g/mol. The third-order valence-electron chi connectivity index (χ3n) is 3.33. The van der Waals surface area contributed by atoms with Crippen molar-refractivity contribution in [2.24, 2.45) is 0 Å². The van der Waals surface area contributed by atoms with E-state index in [1.54, 1.807) is 0 Å². The number of fused-ring (bicyclic) bond motifs is 1. The summed E-state index contributed by atoms with van der Waals surface area (Å²) in [4.78, 5) is 4.58. The highest BCUT2D eigenvalue weighted by molar-refractivity contribution is 5.82. The molecule has 0 atom stereocenters. The Morgan fingerprint density at radius 2 is 1.95 bits per heavy atom. The molecule has 0 saturated carbocycles. The lowest BCUT2D eigenvalue weighted by molar-refractivity contribution is 0.548. The predicted octanol–water partition coefficient (Wildman–Crippen LogP) is 3.02. The molecule has 1 aromatic heterocycles.